The first-order valence-electron chi connectivity index (χ1n) is 7.34. The van der Waals surface area contributed by atoms with E-state index < -0.39 is 28.7 Å². The summed E-state index contributed by atoms with van der Waals surface area (Å²) in [5, 5.41) is 19.9. The summed E-state index contributed by atoms with van der Waals surface area (Å²) in [6.45, 7) is 0. The van der Waals surface area contributed by atoms with Gasteiger partial charge in [0.25, 0.3) is 5.69 Å². The number of nitro benzene ring substituents is 1. The van der Waals surface area contributed by atoms with Crippen molar-refractivity contribution in [2.75, 3.05) is 0 Å². The highest BCUT2D eigenvalue weighted by Crippen LogP contribution is 2.42. The average Bonchev–Trinajstić information content (AvgIpc) is 2.59. The first-order chi connectivity index (χ1) is 12.6. The number of nitrogens with zero attached hydrogens (tertiary/aromatic N) is 1. The predicted octanol–water partition coefficient (Wildman–Crippen LogP) is 4.71. The minimum Gasteiger partial charge on any atom is -0.478 e. The maximum atomic E-state index is 13.1. The molecule has 0 spiro atoms. The molecule has 10 heteroatoms. The van der Waals surface area contributed by atoms with E-state index in [9.17, 15) is 28.1 Å². The molecule has 27 heavy (non-hydrogen) atoms. The Kier molecular flexibility index (Phi) is 4.56. The summed E-state index contributed by atoms with van der Waals surface area (Å²) in [6.07, 6.45) is -6.67. The number of carboxylic acid groups (broad SMARTS) is 1. The SMILES string of the molecule is O=C(O)C1=Cc2cc(Cl)c(-c3ccc([N+](=O)[O-])cc3)cc2OC1C(F)(F)F. The normalized spacial score (nSPS) is 16.1. The fourth-order valence-electron chi connectivity index (χ4n) is 2.62. The topological polar surface area (TPSA) is 89.7 Å². The third kappa shape index (κ3) is 3.59. The number of non-ortho nitro benzene ring substituents is 1. The summed E-state index contributed by atoms with van der Waals surface area (Å²) in [5.74, 6) is -1.95. The van der Waals surface area contributed by atoms with E-state index in [4.69, 9.17) is 21.4 Å². The molecule has 0 fully saturated rings. The number of carboxylic acids is 1. The lowest BCUT2D eigenvalue weighted by molar-refractivity contribution is -0.384. The molecule has 1 N–H and O–H groups in total. The number of alkyl halides is 3. The van der Waals surface area contributed by atoms with E-state index in [2.05, 4.69) is 0 Å². The van der Waals surface area contributed by atoms with Gasteiger partial charge in [0.05, 0.1) is 10.5 Å². The third-order valence-electron chi connectivity index (χ3n) is 3.87. The monoisotopic (exact) mass is 399 g/mol. The van der Waals surface area contributed by atoms with Gasteiger partial charge >= 0.3 is 12.1 Å². The molecule has 2 aromatic rings. The van der Waals surface area contributed by atoms with Crippen LogP contribution >= 0.6 is 11.6 Å². The smallest absolute Gasteiger partial charge is 0.430 e. The molecular weight excluding hydrogens is 391 g/mol. The molecule has 0 radical (unpaired) electrons. The summed E-state index contributed by atoms with van der Waals surface area (Å²) in [7, 11) is 0. The molecule has 3 rings (SSSR count). The van der Waals surface area contributed by atoms with Crippen molar-refractivity contribution in [2.24, 2.45) is 0 Å². The highest BCUT2D eigenvalue weighted by molar-refractivity contribution is 6.33. The number of carbonyl (C=O) groups is 1. The minimum atomic E-state index is -4.92. The number of halogens is 4. The second-order valence-corrected chi connectivity index (χ2v) is 6.03. The Hall–Kier alpha value is -3.07. The molecule has 0 saturated carbocycles. The van der Waals surface area contributed by atoms with Crippen LogP contribution in [0.3, 0.4) is 0 Å². The minimum absolute atomic E-state index is 0.0866. The van der Waals surface area contributed by atoms with Crippen LogP contribution in [0.4, 0.5) is 18.9 Å². The van der Waals surface area contributed by atoms with Crippen LogP contribution in [0.15, 0.2) is 42.0 Å². The van der Waals surface area contributed by atoms with E-state index in [1.54, 1.807) is 0 Å². The molecule has 0 bridgehead atoms. The molecule has 1 atom stereocenters. The van der Waals surface area contributed by atoms with Crippen molar-refractivity contribution in [2.45, 2.75) is 12.3 Å². The Balaban J connectivity index is 2.09. The van der Waals surface area contributed by atoms with Crippen LogP contribution in [0.25, 0.3) is 17.2 Å². The Bertz CT molecular complexity index is 970. The van der Waals surface area contributed by atoms with Gasteiger partial charge in [-0.3, -0.25) is 10.1 Å². The molecule has 0 aromatic heterocycles. The van der Waals surface area contributed by atoms with Gasteiger partial charge in [0.15, 0.2) is 0 Å². The van der Waals surface area contributed by atoms with Gasteiger partial charge in [0, 0.05) is 28.3 Å². The number of nitro groups is 1. The number of rotatable bonds is 3. The van der Waals surface area contributed by atoms with Crippen LogP contribution < -0.4 is 4.74 Å². The van der Waals surface area contributed by atoms with E-state index >= 15 is 0 Å². The zero-order chi connectivity index (χ0) is 19.9. The average molecular weight is 400 g/mol. The number of ether oxygens (including phenoxy) is 1. The fraction of sp³-hybridized carbons (Fsp3) is 0.118. The molecule has 1 aliphatic heterocycles. The summed E-state index contributed by atoms with van der Waals surface area (Å²) in [5.41, 5.74) is -0.306. The van der Waals surface area contributed by atoms with Gasteiger partial charge in [-0.2, -0.15) is 13.2 Å². The maximum absolute atomic E-state index is 13.1. The van der Waals surface area contributed by atoms with Gasteiger partial charge in [0.1, 0.15) is 5.75 Å². The van der Waals surface area contributed by atoms with E-state index in [1.165, 1.54) is 36.4 Å². The molecule has 140 valence electrons. The molecule has 0 saturated heterocycles. The standard InChI is InChI=1S/C17H9ClF3NO5/c18-13-6-9-5-12(16(23)24)15(17(19,20)21)27-14(9)7-11(13)8-1-3-10(4-2-8)22(25)26/h1-7,15H,(H,23,24). The Morgan fingerprint density at radius 3 is 2.37 bits per heavy atom. The van der Waals surface area contributed by atoms with Crippen molar-refractivity contribution in [3.8, 4) is 16.9 Å². The fourth-order valence-corrected chi connectivity index (χ4v) is 2.90. The van der Waals surface area contributed by atoms with Crippen LogP contribution in [0.2, 0.25) is 5.02 Å². The van der Waals surface area contributed by atoms with Crippen LogP contribution in [-0.4, -0.2) is 28.3 Å². The van der Waals surface area contributed by atoms with E-state index in [0.29, 0.717) is 11.1 Å². The first-order valence-corrected chi connectivity index (χ1v) is 7.72. The Morgan fingerprint density at radius 2 is 1.85 bits per heavy atom. The lowest BCUT2D eigenvalue weighted by Gasteiger charge is -2.27. The van der Waals surface area contributed by atoms with Gasteiger partial charge in [0.2, 0.25) is 6.10 Å². The quantitative estimate of drug-likeness (QED) is 0.596. The third-order valence-corrected chi connectivity index (χ3v) is 4.18. The zero-order valence-electron chi connectivity index (χ0n) is 13.2. The molecule has 1 heterocycles. The van der Waals surface area contributed by atoms with Crippen molar-refractivity contribution < 1.29 is 32.7 Å². The van der Waals surface area contributed by atoms with Crippen LogP contribution in [0.1, 0.15) is 5.56 Å². The van der Waals surface area contributed by atoms with E-state index in [-0.39, 0.29) is 22.0 Å². The lowest BCUT2D eigenvalue weighted by Crippen LogP contribution is -2.40. The second-order valence-electron chi connectivity index (χ2n) is 5.62. The predicted molar refractivity (Wildman–Crippen MR) is 89.6 cm³/mol. The van der Waals surface area contributed by atoms with Crippen molar-refractivity contribution in [3.05, 3.63) is 62.7 Å². The molecule has 0 amide bonds. The van der Waals surface area contributed by atoms with Crippen LogP contribution in [0, 0.1) is 10.1 Å². The van der Waals surface area contributed by atoms with Crippen LogP contribution in [0.5, 0.6) is 5.75 Å². The van der Waals surface area contributed by atoms with Gasteiger partial charge < -0.3 is 9.84 Å². The van der Waals surface area contributed by atoms with Gasteiger partial charge in [-0.05, 0) is 35.9 Å². The summed E-state index contributed by atoms with van der Waals surface area (Å²) >= 11 is 6.16. The molecule has 1 aliphatic rings. The molecule has 0 aliphatic carbocycles. The lowest BCUT2D eigenvalue weighted by atomic mass is 9.97. The highest BCUT2D eigenvalue weighted by atomic mass is 35.5. The second kappa shape index (κ2) is 6.58. The van der Waals surface area contributed by atoms with Crippen molar-refractivity contribution in [1.82, 2.24) is 0 Å². The van der Waals surface area contributed by atoms with E-state index in [0.717, 1.165) is 6.08 Å². The molecular formula is C17H9ClF3NO5. The summed E-state index contributed by atoms with van der Waals surface area (Å²) in [4.78, 5) is 21.3. The summed E-state index contributed by atoms with van der Waals surface area (Å²) in [6, 6.07) is 7.78. The van der Waals surface area contributed by atoms with Crippen LogP contribution in [-0.2, 0) is 4.79 Å². The van der Waals surface area contributed by atoms with E-state index in [1.807, 2.05) is 0 Å². The largest absolute Gasteiger partial charge is 0.478 e. The zero-order valence-corrected chi connectivity index (χ0v) is 13.9. The molecule has 2 aromatic carbocycles. The maximum Gasteiger partial charge on any atom is 0.430 e. The number of hydrogen-bond acceptors (Lipinski definition) is 4. The molecule has 6 nitrogen and oxygen atoms in total. The molecule has 1 unspecified atom stereocenters. The van der Waals surface area contributed by atoms with Gasteiger partial charge in [-0.15, -0.1) is 0 Å². The number of benzene rings is 2. The first kappa shape index (κ1) is 18.7. The van der Waals surface area contributed by atoms with Gasteiger partial charge in [-0.1, -0.05) is 11.6 Å². The number of fused-ring (bicyclic) bond motifs is 1. The number of hydrogen-bond donors (Lipinski definition) is 1. The number of aliphatic carboxylic acids is 1. The highest BCUT2D eigenvalue weighted by Gasteiger charge is 2.48. The van der Waals surface area contributed by atoms with Gasteiger partial charge in [-0.25, -0.2) is 4.79 Å². The Labute approximate surface area is 154 Å². The van der Waals surface area contributed by atoms with Crippen molar-refractivity contribution in [3.63, 3.8) is 0 Å². The van der Waals surface area contributed by atoms with Crippen molar-refractivity contribution in [1.29, 1.82) is 0 Å². The van der Waals surface area contributed by atoms with Crippen molar-refractivity contribution >= 4 is 29.3 Å². The summed E-state index contributed by atoms with van der Waals surface area (Å²) < 4.78 is 44.4. The Morgan fingerprint density at radius 1 is 1.22 bits per heavy atom.